The van der Waals surface area contributed by atoms with E-state index in [9.17, 15) is 4.79 Å². The van der Waals surface area contributed by atoms with Crippen molar-refractivity contribution >= 4 is 29.0 Å². The van der Waals surface area contributed by atoms with E-state index in [1.54, 1.807) is 12.1 Å². The molecule has 0 bridgehead atoms. The summed E-state index contributed by atoms with van der Waals surface area (Å²) in [4.78, 5) is 16.7. The van der Waals surface area contributed by atoms with E-state index in [1.807, 2.05) is 12.1 Å². The summed E-state index contributed by atoms with van der Waals surface area (Å²) in [5.41, 5.74) is 3.28. The summed E-state index contributed by atoms with van der Waals surface area (Å²) in [7, 11) is 0. The maximum atomic E-state index is 12.2. The van der Waals surface area contributed by atoms with Gasteiger partial charge in [0.25, 0.3) is 0 Å². The highest BCUT2D eigenvalue weighted by Crippen LogP contribution is 2.23. The van der Waals surface area contributed by atoms with E-state index < -0.39 is 0 Å². The zero-order valence-electron chi connectivity index (χ0n) is 14.6. The highest BCUT2D eigenvalue weighted by atomic mass is 35.5. The van der Waals surface area contributed by atoms with Crippen molar-refractivity contribution in [3.05, 3.63) is 46.6 Å². The summed E-state index contributed by atoms with van der Waals surface area (Å²) < 4.78 is 0. The fourth-order valence-electron chi connectivity index (χ4n) is 3.54. The summed E-state index contributed by atoms with van der Waals surface area (Å²) in [6.45, 7) is 3.80. The molecule has 26 heavy (non-hydrogen) atoms. The first-order valence-electron chi connectivity index (χ1n) is 9.05. The van der Waals surface area contributed by atoms with Crippen LogP contribution in [0.3, 0.4) is 0 Å². The molecule has 4 rings (SSSR count). The van der Waals surface area contributed by atoms with Crippen molar-refractivity contribution in [1.82, 2.24) is 15.1 Å². The fourth-order valence-corrected chi connectivity index (χ4v) is 3.67. The van der Waals surface area contributed by atoms with Crippen molar-refractivity contribution in [3.63, 3.8) is 0 Å². The van der Waals surface area contributed by atoms with Gasteiger partial charge in [-0.1, -0.05) is 11.6 Å². The van der Waals surface area contributed by atoms with Crippen molar-refractivity contribution in [2.45, 2.75) is 19.3 Å². The molecule has 1 aliphatic carbocycles. The van der Waals surface area contributed by atoms with Gasteiger partial charge in [0.1, 0.15) is 0 Å². The molecule has 1 fully saturated rings. The lowest BCUT2D eigenvalue weighted by Crippen LogP contribution is -2.49. The van der Waals surface area contributed by atoms with Crippen LogP contribution < -0.4 is 10.2 Å². The van der Waals surface area contributed by atoms with Gasteiger partial charge in [-0.3, -0.25) is 9.69 Å². The summed E-state index contributed by atoms with van der Waals surface area (Å²) in [6, 6.07) is 9.36. The Morgan fingerprint density at radius 2 is 1.85 bits per heavy atom. The van der Waals surface area contributed by atoms with Crippen LogP contribution >= 0.6 is 11.6 Å². The molecular weight excluding hydrogens is 350 g/mol. The first kappa shape index (κ1) is 17.2. The standard InChI is InChI=1S/C19H22ClN5O/c20-15-4-6-16(7-5-15)21-19(26)13-24-8-10-25(11-9-24)18-12-14-2-1-3-17(14)22-23-18/h4-7,12H,1-3,8-11,13H2,(H,21,26). The van der Waals surface area contributed by atoms with Crippen molar-refractivity contribution in [1.29, 1.82) is 0 Å². The predicted octanol–water partition coefficient (Wildman–Crippen LogP) is 2.38. The Balaban J connectivity index is 1.28. The Morgan fingerprint density at radius 1 is 1.08 bits per heavy atom. The fraction of sp³-hybridized carbons (Fsp3) is 0.421. The Hall–Kier alpha value is -2.18. The highest BCUT2D eigenvalue weighted by molar-refractivity contribution is 6.30. The van der Waals surface area contributed by atoms with Crippen molar-refractivity contribution in [2.75, 3.05) is 42.9 Å². The molecule has 2 aliphatic rings. The van der Waals surface area contributed by atoms with Crippen LogP contribution in [0.2, 0.25) is 5.02 Å². The first-order chi connectivity index (χ1) is 12.7. The SMILES string of the molecule is O=C(CN1CCN(c2cc3c(nn2)CCC3)CC1)Nc1ccc(Cl)cc1. The number of nitrogens with one attached hydrogen (secondary N) is 1. The number of hydrogen-bond donors (Lipinski definition) is 1. The molecule has 1 amide bonds. The molecule has 0 radical (unpaired) electrons. The third kappa shape index (κ3) is 3.97. The molecule has 1 aliphatic heterocycles. The lowest BCUT2D eigenvalue weighted by molar-refractivity contribution is -0.117. The molecule has 0 saturated carbocycles. The van der Waals surface area contributed by atoms with Gasteiger partial charge in [-0.05, 0) is 55.2 Å². The number of carbonyl (C=O) groups excluding carboxylic acids is 1. The van der Waals surface area contributed by atoms with Gasteiger partial charge < -0.3 is 10.2 Å². The molecule has 1 aromatic carbocycles. The second kappa shape index (κ2) is 7.60. The maximum absolute atomic E-state index is 12.2. The third-order valence-corrected chi connectivity index (χ3v) is 5.25. The van der Waals surface area contributed by atoms with E-state index in [0.717, 1.165) is 56.2 Å². The summed E-state index contributed by atoms with van der Waals surface area (Å²) in [5, 5.41) is 12.3. The van der Waals surface area contributed by atoms with E-state index >= 15 is 0 Å². The van der Waals surface area contributed by atoms with Crippen LogP contribution in [0.1, 0.15) is 17.7 Å². The van der Waals surface area contributed by atoms with Gasteiger partial charge in [0, 0.05) is 36.9 Å². The third-order valence-electron chi connectivity index (χ3n) is 5.00. The van der Waals surface area contributed by atoms with Crippen molar-refractivity contribution < 1.29 is 4.79 Å². The van der Waals surface area contributed by atoms with Gasteiger partial charge in [-0.25, -0.2) is 0 Å². The second-order valence-corrected chi connectivity index (χ2v) is 7.28. The molecule has 1 N–H and O–H groups in total. The predicted molar refractivity (Wildman–Crippen MR) is 103 cm³/mol. The monoisotopic (exact) mass is 371 g/mol. The molecule has 6 nitrogen and oxygen atoms in total. The van der Waals surface area contributed by atoms with Crippen molar-refractivity contribution in [2.24, 2.45) is 0 Å². The summed E-state index contributed by atoms with van der Waals surface area (Å²) in [5.74, 6) is 0.967. The largest absolute Gasteiger partial charge is 0.353 e. The summed E-state index contributed by atoms with van der Waals surface area (Å²) in [6.07, 6.45) is 3.35. The van der Waals surface area contributed by atoms with Crippen LogP contribution in [-0.4, -0.2) is 53.7 Å². The number of amides is 1. The average molecular weight is 372 g/mol. The number of rotatable bonds is 4. The van der Waals surface area contributed by atoms with Gasteiger partial charge in [0.2, 0.25) is 5.91 Å². The Kier molecular flexibility index (Phi) is 5.04. The maximum Gasteiger partial charge on any atom is 0.238 e. The minimum atomic E-state index is -0.00176. The molecule has 2 heterocycles. The molecule has 136 valence electrons. The Bertz CT molecular complexity index is 787. The number of anilines is 2. The lowest BCUT2D eigenvalue weighted by Gasteiger charge is -2.34. The first-order valence-corrected chi connectivity index (χ1v) is 9.43. The quantitative estimate of drug-likeness (QED) is 0.894. The number of aromatic nitrogens is 2. The molecule has 2 aromatic rings. The number of hydrogen-bond acceptors (Lipinski definition) is 5. The van der Waals surface area contributed by atoms with Gasteiger partial charge in [0.15, 0.2) is 5.82 Å². The number of benzene rings is 1. The van der Waals surface area contributed by atoms with Gasteiger partial charge in [0.05, 0.1) is 12.2 Å². The number of piperazine rings is 1. The van der Waals surface area contributed by atoms with Crippen LogP contribution in [0, 0.1) is 0 Å². The van der Waals surface area contributed by atoms with Crippen LogP contribution in [0.15, 0.2) is 30.3 Å². The van der Waals surface area contributed by atoms with Crippen molar-refractivity contribution in [3.8, 4) is 0 Å². The zero-order chi connectivity index (χ0) is 17.9. The van der Waals surface area contributed by atoms with Gasteiger partial charge in [-0.15, -0.1) is 5.10 Å². The minimum Gasteiger partial charge on any atom is -0.353 e. The number of aryl methyl sites for hydroxylation is 2. The van der Waals surface area contributed by atoms with Crippen LogP contribution in [0.4, 0.5) is 11.5 Å². The van der Waals surface area contributed by atoms with Gasteiger partial charge in [-0.2, -0.15) is 5.10 Å². The smallest absolute Gasteiger partial charge is 0.238 e. The number of halogens is 1. The van der Waals surface area contributed by atoms with E-state index in [0.29, 0.717) is 11.6 Å². The molecule has 1 saturated heterocycles. The number of fused-ring (bicyclic) bond motifs is 1. The lowest BCUT2D eigenvalue weighted by atomic mass is 10.2. The Morgan fingerprint density at radius 3 is 2.62 bits per heavy atom. The average Bonchev–Trinajstić information content (AvgIpc) is 3.12. The molecular formula is C19H22ClN5O. The number of carbonyl (C=O) groups is 1. The molecule has 0 atom stereocenters. The minimum absolute atomic E-state index is 0.00176. The number of nitrogens with zero attached hydrogens (tertiary/aromatic N) is 4. The van der Waals surface area contributed by atoms with Gasteiger partial charge >= 0.3 is 0 Å². The van der Waals surface area contributed by atoms with E-state index in [-0.39, 0.29) is 5.91 Å². The van der Waals surface area contributed by atoms with Crippen LogP contribution in [-0.2, 0) is 17.6 Å². The van der Waals surface area contributed by atoms with E-state index in [2.05, 4.69) is 31.4 Å². The Labute approximate surface area is 158 Å². The zero-order valence-corrected chi connectivity index (χ0v) is 15.4. The molecule has 0 unspecified atom stereocenters. The normalized spacial score (nSPS) is 17.2. The highest BCUT2D eigenvalue weighted by Gasteiger charge is 2.22. The van der Waals surface area contributed by atoms with Crippen LogP contribution in [0.5, 0.6) is 0 Å². The van der Waals surface area contributed by atoms with E-state index in [4.69, 9.17) is 11.6 Å². The second-order valence-electron chi connectivity index (χ2n) is 6.85. The molecule has 7 heteroatoms. The summed E-state index contributed by atoms with van der Waals surface area (Å²) >= 11 is 5.86. The molecule has 1 aromatic heterocycles. The van der Waals surface area contributed by atoms with E-state index in [1.165, 1.54) is 12.0 Å². The molecule has 0 spiro atoms. The van der Waals surface area contributed by atoms with Crippen LogP contribution in [0.25, 0.3) is 0 Å². The topological polar surface area (TPSA) is 61.4 Å².